The molecule has 0 saturated heterocycles. The van der Waals surface area contributed by atoms with Gasteiger partial charge in [-0.1, -0.05) is 12.2 Å². The molecule has 4 nitrogen and oxygen atoms in total. The Morgan fingerprint density at radius 1 is 1.58 bits per heavy atom. The van der Waals surface area contributed by atoms with Crippen molar-refractivity contribution >= 4 is 23.2 Å². The van der Waals surface area contributed by atoms with Gasteiger partial charge in [0.05, 0.1) is 0 Å². The summed E-state index contributed by atoms with van der Waals surface area (Å²) in [5.74, 6) is 0.540. The zero-order chi connectivity index (χ0) is 9.14. The molecule has 0 aliphatic carbocycles. The fourth-order valence-electron chi connectivity index (χ4n) is 0.807. The minimum atomic E-state index is 0.289. The Hall–Kier alpha value is -1.23. The maximum Gasteiger partial charge on any atom is 0.223 e. The van der Waals surface area contributed by atoms with Crippen LogP contribution in [0.25, 0.3) is 0 Å². The quantitative estimate of drug-likeness (QED) is 0.651. The van der Waals surface area contributed by atoms with E-state index in [0.717, 1.165) is 5.69 Å². The van der Waals surface area contributed by atoms with Gasteiger partial charge in [0, 0.05) is 12.7 Å². The summed E-state index contributed by atoms with van der Waals surface area (Å²) in [5.41, 5.74) is 6.86. The average molecular weight is 182 g/mol. The summed E-state index contributed by atoms with van der Waals surface area (Å²) in [7, 11) is 1.75. The molecule has 0 aromatic carbocycles. The van der Waals surface area contributed by atoms with Crippen molar-refractivity contribution in [3.8, 4) is 0 Å². The summed E-state index contributed by atoms with van der Waals surface area (Å²) >= 11 is 4.79. The Kier molecular flexibility index (Phi) is 2.54. The predicted molar refractivity (Wildman–Crippen MR) is 52.2 cm³/mol. The molecule has 5 heteroatoms. The fourth-order valence-corrected chi connectivity index (χ4v) is 0.911. The minimum Gasteiger partial charge on any atom is -0.388 e. The van der Waals surface area contributed by atoms with Crippen LogP contribution >= 0.6 is 12.2 Å². The van der Waals surface area contributed by atoms with Crippen LogP contribution in [0.2, 0.25) is 0 Å². The van der Waals surface area contributed by atoms with Crippen LogP contribution in [-0.2, 0) is 0 Å². The zero-order valence-electron chi connectivity index (χ0n) is 6.96. The smallest absolute Gasteiger partial charge is 0.223 e. The first-order valence-corrected chi connectivity index (χ1v) is 3.87. The van der Waals surface area contributed by atoms with Crippen LogP contribution in [-0.4, -0.2) is 22.0 Å². The van der Waals surface area contributed by atoms with Gasteiger partial charge in [-0.3, -0.25) is 0 Å². The lowest BCUT2D eigenvalue weighted by Crippen LogP contribution is -2.13. The molecule has 0 unspecified atom stereocenters. The summed E-state index contributed by atoms with van der Waals surface area (Å²) in [5, 5.41) is 2.83. The third-order valence-corrected chi connectivity index (χ3v) is 1.54. The van der Waals surface area contributed by atoms with E-state index in [9.17, 15) is 0 Å². The van der Waals surface area contributed by atoms with Crippen molar-refractivity contribution < 1.29 is 0 Å². The number of rotatable bonds is 2. The summed E-state index contributed by atoms with van der Waals surface area (Å²) in [6, 6.07) is 1.75. The first-order chi connectivity index (χ1) is 5.63. The topological polar surface area (TPSA) is 63.8 Å². The summed E-state index contributed by atoms with van der Waals surface area (Å²) in [6.07, 6.45) is 0. The second kappa shape index (κ2) is 3.44. The van der Waals surface area contributed by atoms with Crippen LogP contribution in [0.5, 0.6) is 0 Å². The second-order valence-electron chi connectivity index (χ2n) is 2.33. The van der Waals surface area contributed by atoms with Crippen molar-refractivity contribution in [2.45, 2.75) is 6.92 Å². The predicted octanol–water partition coefficient (Wildman–Crippen LogP) is 0.461. The van der Waals surface area contributed by atoms with Gasteiger partial charge in [0.2, 0.25) is 5.95 Å². The third kappa shape index (κ3) is 1.88. The first-order valence-electron chi connectivity index (χ1n) is 3.46. The molecule has 0 spiro atoms. The van der Waals surface area contributed by atoms with Crippen LogP contribution in [0.15, 0.2) is 6.07 Å². The van der Waals surface area contributed by atoms with Gasteiger partial charge in [-0.25, -0.2) is 9.97 Å². The van der Waals surface area contributed by atoms with Crippen LogP contribution in [0.1, 0.15) is 11.4 Å². The second-order valence-corrected chi connectivity index (χ2v) is 2.77. The lowest BCUT2D eigenvalue weighted by molar-refractivity contribution is 1.08. The Labute approximate surface area is 76.2 Å². The Morgan fingerprint density at radius 2 is 2.25 bits per heavy atom. The molecule has 1 aromatic rings. The van der Waals surface area contributed by atoms with Crippen LogP contribution in [0.4, 0.5) is 5.95 Å². The van der Waals surface area contributed by atoms with Crippen molar-refractivity contribution in [1.82, 2.24) is 9.97 Å². The van der Waals surface area contributed by atoms with E-state index in [2.05, 4.69) is 15.3 Å². The minimum absolute atomic E-state index is 0.289. The van der Waals surface area contributed by atoms with E-state index in [0.29, 0.717) is 11.6 Å². The Balaban J connectivity index is 3.15. The van der Waals surface area contributed by atoms with Crippen molar-refractivity contribution in [2.75, 3.05) is 12.4 Å². The number of nitrogens with two attached hydrogens (primary N) is 1. The fraction of sp³-hybridized carbons (Fsp3) is 0.286. The zero-order valence-corrected chi connectivity index (χ0v) is 7.77. The van der Waals surface area contributed by atoms with Gasteiger partial charge in [0.25, 0.3) is 0 Å². The highest BCUT2D eigenvalue weighted by atomic mass is 32.1. The maximum absolute atomic E-state index is 5.42. The summed E-state index contributed by atoms with van der Waals surface area (Å²) < 4.78 is 0. The monoisotopic (exact) mass is 182 g/mol. The number of anilines is 1. The molecule has 0 amide bonds. The molecule has 0 aliphatic rings. The van der Waals surface area contributed by atoms with E-state index in [4.69, 9.17) is 18.0 Å². The molecule has 12 heavy (non-hydrogen) atoms. The molecule has 3 N–H and O–H groups in total. The normalized spacial score (nSPS) is 9.50. The molecule has 0 radical (unpaired) electrons. The van der Waals surface area contributed by atoms with Gasteiger partial charge < -0.3 is 11.1 Å². The third-order valence-electron chi connectivity index (χ3n) is 1.33. The van der Waals surface area contributed by atoms with Crippen molar-refractivity contribution in [3.63, 3.8) is 0 Å². The van der Waals surface area contributed by atoms with Gasteiger partial charge in [-0.15, -0.1) is 0 Å². The summed E-state index contributed by atoms with van der Waals surface area (Å²) in [4.78, 5) is 8.45. The van der Waals surface area contributed by atoms with E-state index in [1.165, 1.54) is 0 Å². The molecule has 0 fully saturated rings. The van der Waals surface area contributed by atoms with Crippen molar-refractivity contribution in [3.05, 3.63) is 17.5 Å². The number of nitrogens with one attached hydrogen (secondary N) is 1. The molecule has 0 aliphatic heterocycles. The number of hydrogen-bond donors (Lipinski definition) is 2. The highest BCUT2D eigenvalue weighted by Crippen LogP contribution is 2.03. The highest BCUT2D eigenvalue weighted by molar-refractivity contribution is 7.80. The molecule has 1 heterocycles. The van der Waals surface area contributed by atoms with E-state index >= 15 is 0 Å². The van der Waals surface area contributed by atoms with E-state index in [-0.39, 0.29) is 4.99 Å². The standard InChI is InChI=1S/C7H10N4S/c1-4-3-5(6(8)12)11-7(9-2)10-4/h3H,1-2H3,(H2,8,12)(H,9,10,11). The molecule has 0 bridgehead atoms. The van der Waals surface area contributed by atoms with Crippen LogP contribution < -0.4 is 11.1 Å². The van der Waals surface area contributed by atoms with Crippen LogP contribution in [0, 0.1) is 6.92 Å². The van der Waals surface area contributed by atoms with Crippen molar-refractivity contribution in [2.24, 2.45) is 5.73 Å². The molecular formula is C7H10N4S. The van der Waals surface area contributed by atoms with Gasteiger partial charge in [-0.05, 0) is 13.0 Å². The van der Waals surface area contributed by atoms with E-state index < -0.39 is 0 Å². The number of hydrogen-bond acceptors (Lipinski definition) is 4. The Bertz CT molecular complexity index is 310. The van der Waals surface area contributed by atoms with Crippen molar-refractivity contribution in [1.29, 1.82) is 0 Å². The average Bonchev–Trinajstić information content (AvgIpc) is 2.03. The molecule has 64 valence electrons. The van der Waals surface area contributed by atoms with Gasteiger partial charge in [0.1, 0.15) is 10.7 Å². The number of aromatic nitrogens is 2. The molecule has 0 atom stereocenters. The van der Waals surface area contributed by atoms with Gasteiger partial charge >= 0.3 is 0 Å². The van der Waals surface area contributed by atoms with Crippen LogP contribution in [0.3, 0.4) is 0 Å². The number of thiocarbonyl (C=S) groups is 1. The molecule has 0 saturated carbocycles. The van der Waals surface area contributed by atoms with Gasteiger partial charge in [-0.2, -0.15) is 0 Å². The lowest BCUT2D eigenvalue weighted by atomic mass is 10.3. The van der Waals surface area contributed by atoms with E-state index in [1.807, 2.05) is 6.92 Å². The lowest BCUT2D eigenvalue weighted by Gasteiger charge is -2.02. The molecule has 1 aromatic heterocycles. The number of aryl methyl sites for hydroxylation is 1. The van der Waals surface area contributed by atoms with Gasteiger partial charge in [0.15, 0.2) is 0 Å². The Morgan fingerprint density at radius 3 is 2.75 bits per heavy atom. The van der Waals surface area contributed by atoms with E-state index in [1.54, 1.807) is 13.1 Å². The summed E-state index contributed by atoms with van der Waals surface area (Å²) in [6.45, 7) is 1.87. The highest BCUT2D eigenvalue weighted by Gasteiger charge is 2.01. The molecule has 1 rings (SSSR count). The largest absolute Gasteiger partial charge is 0.388 e. The SMILES string of the molecule is CNc1nc(C)cc(C(N)=S)n1. The first kappa shape index (κ1) is 8.86. The molecular weight excluding hydrogens is 172 g/mol. The maximum atomic E-state index is 5.42. The number of nitrogens with zero attached hydrogens (tertiary/aromatic N) is 2.